The Morgan fingerprint density at radius 1 is 1.29 bits per heavy atom. The summed E-state index contributed by atoms with van der Waals surface area (Å²) >= 11 is 3.41. The van der Waals surface area contributed by atoms with Crippen molar-refractivity contribution in [2.45, 2.75) is 12.8 Å². The number of aliphatic imine (C=N–C) groups is 1. The van der Waals surface area contributed by atoms with E-state index in [0.29, 0.717) is 0 Å². The van der Waals surface area contributed by atoms with Gasteiger partial charge in [-0.15, -0.1) is 0 Å². The van der Waals surface area contributed by atoms with Gasteiger partial charge < -0.3 is 4.90 Å². The minimum absolute atomic E-state index is 1.04. The van der Waals surface area contributed by atoms with Gasteiger partial charge in [0.25, 0.3) is 0 Å². The average molecular weight is 253 g/mol. The minimum atomic E-state index is 1.04. The highest BCUT2D eigenvalue weighted by Crippen LogP contribution is 2.19. The second-order valence-corrected chi connectivity index (χ2v) is 4.45. The number of hydrogen-bond donors (Lipinski definition) is 0. The van der Waals surface area contributed by atoms with Gasteiger partial charge in [0.2, 0.25) is 0 Å². The molecule has 0 aliphatic carbocycles. The minimum Gasteiger partial charge on any atom is -0.363 e. The molecule has 0 amide bonds. The molecule has 0 spiro atoms. The van der Waals surface area contributed by atoms with E-state index < -0.39 is 0 Å². The summed E-state index contributed by atoms with van der Waals surface area (Å²) in [7, 11) is 2.10. The Balaban J connectivity index is 2.20. The summed E-state index contributed by atoms with van der Waals surface area (Å²) in [5.41, 5.74) is 1.04. The third-order valence-corrected chi connectivity index (χ3v) is 2.95. The normalized spacial score (nSPS) is 19.3. The number of hydrogen-bond acceptors (Lipinski definition) is 1. The van der Waals surface area contributed by atoms with Crippen molar-refractivity contribution in [2.24, 2.45) is 4.99 Å². The summed E-state index contributed by atoms with van der Waals surface area (Å²) in [5, 5.41) is 0. The largest absolute Gasteiger partial charge is 0.363 e. The van der Waals surface area contributed by atoms with Crippen molar-refractivity contribution < 1.29 is 0 Å². The molecule has 0 aromatic heterocycles. The van der Waals surface area contributed by atoms with Crippen LogP contribution in [0.3, 0.4) is 0 Å². The number of halogens is 1. The van der Waals surface area contributed by atoms with Crippen LogP contribution < -0.4 is 0 Å². The summed E-state index contributed by atoms with van der Waals surface area (Å²) in [4.78, 5) is 6.83. The molecule has 0 atom stereocenters. The van der Waals surface area contributed by atoms with Crippen LogP contribution in [0.15, 0.2) is 33.7 Å². The van der Waals surface area contributed by atoms with Crippen LogP contribution in [-0.4, -0.2) is 24.3 Å². The van der Waals surface area contributed by atoms with E-state index in [1.807, 2.05) is 24.3 Å². The van der Waals surface area contributed by atoms with E-state index in [9.17, 15) is 0 Å². The van der Waals surface area contributed by atoms with Crippen molar-refractivity contribution in [3.8, 4) is 0 Å². The first kappa shape index (κ1) is 9.71. The first-order valence-electron chi connectivity index (χ1n) is 4.80. The maximum absolute atomic E-state index is 4.60. The molecule has 1 aromatic rings. The molecule has 1 fully saturated rings. The molecule has 3 heteroatoms. The monoisotopic (exact) mass is 252 g/mol. The number of amidine groups is 1. The van der Waals surface area contributed by atoms with Gasteiger partial charge in [0.1, 0.15) is 5.84 Å². The Morgan fingerprint density at radius 2 is 2.00 bits per heavy atom. The third-order valence-electron chi connectivity index (χ3n) is 2.42. The van der Waals surface area contributed by atoms with Gasteiger partial charge in [0, 0.05) is 24.5 Å². The fraction of sp³-hybridized carbons (Fsp3) is 0.364. The van der Waals surface area contributed by atoms with E-state index in [1.165, 1.54) is 12.3 Å². The van der Waals surface area contributed by atoms with E-state index in [0.717, 1.165) is 23.1 Å². The number of rotatable bonds is 1. The lowest BCUT2D eigenvalue weighted by atomic mass is 10.3. The molecule has 1 saturated heterocycles. The summed E-state index contributed by atoms with van der Waals surface area (Å²) < 4.78 is 1.10. The Morgan fingerprint density at radius 3 is 2.57 bits per heavy atom. The first-order chi connectivity index (χ1) is 6.75. The van der Waals surface area contributed by atoms with Crippen LogP contribution in [0.1, 0.15) is 12.8 Å². The van der Waals surface area contributed by atoms with Crippen LogP contribution in [-0.2, 0) is 0 Å². The smallest absolute Gasteiger partial charge is 0.105 e. The lowest BCUT2D eigenvalue weighted by Gasteiger charge is -2.10. The molecule has 14 heavy (non-hydrogen) atoms. The van der Waals surface area contributed by atoms with E-state index in [4.69, 9.17) is 0 Å². The van der Waals surface area contributed by atoms with Gasteiger partial charge >= 0.3 is 0 Å². The zero-order chi connectivity index (χ0) is 9.97. The van der Waals surface area contributed by atoms with E-state index >= 15 is 0 Å². The Bertz CT molecular complexity index is 343. The molecule has 1 aliphatic heterocycles. The molecule has 2 rings (SSSR count). The zero-order valence-electron chi connectivity index (χ0n) is 8.20. The fourth-order valence-electron chi connectivity index (χ4n) is 1.60. The van der Waals surface area contributed by atoms with Gasteiger partial charge in [0.05, 0.1) is 5.69 Å². The maximum atomic E-state index is 4.60. The second kappa shape index (κ2) is 4.13. The van der Waals surface area contributed by atoms with Crippen molar-refractivity contribution in [2.75, 3.05) is 13.6 Å². The van der Waals surface area contributed by atoms with Crippen LogP contribution in [0.25, 0.3) is 0 Å². The SMILES string of the molecule is CN1CCCC1=Nc1ccc(Br)cc1. The summed E-state index contributed by atoms with van der Waals surface area (Å²) in [5.74, 6) is 1.20. The molecule has 0 bridgehead atoms. The molecule has 0 radical (unpaired) electrons. The van der Waals surface area contributed by atoms with E-state index in [2.05, 4.69) is 32.9 Å². The Kier molecular flexibility index (Phi) is 2.87. The topological polar surface area (TPSA) is 15.6 Å². The highest BCUT2D eigenvalue weighted by molar-refractivity contribution is 9.10. The molecule has 0 N–H and O–H groups in total. The van der Waals surface area contributed by atoms with Crippen molar-refractivity contribution in [1.29, 1.82) is 0 Å². The second-order valence-electron chi connectivity index (χ2n) is 3.53. The molecule has 2 nitrogen and oxygen atoms in total. The van der Waals surface area contributed by atoms with E-state index in [-0.39, 0.29) is 0 Å². The number of benzene rings is 1. The van der Waals surface area contributed by atoms with Gasteiger partial charge in [-0.3, -0.25) is 0 Å². The Hall–Kier alpha value is -0.830. The quantitative estimate of drug-likeness (QED) is 0.750. The predicted octanol–water partition coefficient (Wildman–Crippen LogP) is 3.20. The molecule has 1 aromatic carbocycles. The Labute approximate surface area is 92.8 Å². The van der Waals surface area contributed by atoms with Gasteiger partial charge in [-0.25, -0.2) is 4.99 Å². The summed E-state index contributed by atoms with van der Waals surface area (Å²) in [6, 6.07) is 8.11. The standard InChI is InChI=1S/C11H13BrN2/c1-14-8-2-3-11(14)13-10-6-4-9(12)5-7-10/h4-7H,2-3,8H2,1H3. The molecule has 74 valence electrons. The van der Waals surface area contributed by atoms with Gasteiger partial charge in [0.15, 0.2) is 0 Å². The van der Waals surface area contributed by atoms with Crippen molar-refractivity contribution in [3.63, 3.8) is 0 Å². The summed E-state index contributed by atoms with van der Waals surface area (Å²) in [6.45, 7) is 1.13. The summed E-state index contributed by atoms with van der Waals surface area (Å²) in [6.07, 6.45) is 2.33. The van der Waals surface area contributed by atoms with Crippen molar-refractivity contribution in [1.82, 2.24) is 4.90 Å². The highest BCUT2D eigenvalue weighted by Gasteiger charge is 2.13. The van der Waals surface area contributed by atoms with Gasteiger partial charge in [-0.2, -0.15) is 0 Å². The highest BCUT2D eigenvalue weighted by atomic mass is 79.9. The first-order valence-corrected chi connectivity index (χ1v) is 5.59. The van der Waals surface area contributed by atoms with Crippen LogP contribution >= 0.6 is 15.9 Å². The molecule has 1 heterocycles. The predicted molar refractivity (Wildman–Crippen MR) is 63.1 cm³/mol. The van der Waals surface area contributed by atoms with Gasteiger partial charge in [-0.1, -0.05) is 15.9 Å². The number of likely N-dealkylation sites (tertiary alicyclic amines) is 1. The van der Waals surface area contributed by atoms with Crippen molar-refractivity contribution in [3.05, 3.63) is 28.7 Å². The zero-order valence-corrected chi connectivity index (χ0v) is 9.79. The maximum Gasteiger partial charge on any atom is 0.105 e. The lowest BCUT2D eigenvalue weighted by Crippen LogP contribution is -2.18. The number of nitrogens with zero attached hydrogens (tertiary/aromatic N) is 2. The molecular formula is C11H13BrN2. The van der Waals surface area contributed by atoms with Crippen LogP contribution in [0.4, 0.5) is 5.69 Å². The van der Waals surface area contributed by atoms with Crippen LogP contribution in [0, 0.1) is 0 Å². The van der Waals surface area contributed by atoms with Gasteiger partial charge in [-0.05, 0) is 30.7 Å². The molecule has 0 saturated carbocycles. The molecule has 1 aliphatic rings. The van der Waals surface area contributed by atoms with Crippen LogP contribution in [0.5, 0.6) is 0 Å². The lowest BCUT2D eigenvalue weighted by molar-refractivity contribution is 0.550. The third kappa shape index (κ3) is 2.15. The van der Waals surface area contributed by atoms with Crippen molar-refractivity contribution >= 4 is 27.5 Å². The molecular weight excluding hydrogens is 240 g/mol. The molecule has 0 unspecified atom stereocenters. The average Bonchev–Trinajstić information content (AvgIpc) is 2.56. The van der Waals surface area contributed by atoms with E-state index in [1.54, 1.807) is 0 Å². The fourth-order valence-corrected chi connectivity index (χ4v) is 1.86. The van der Waals surface area contributed by atoms with Crippen LogP contribution in [0.2, 0.25) is 0 Å².